The highest BCUT2D eigenvalue weighted by Crippen LogP contribution is 2.31. The van der Waals surface area contributed by atoms with Crippen molar-refractivity contribution in [2.24, 2.45) is 5.73 Å². The van der Waals surface area contributed by atoms with E-state index in [2.05, 4.69) is 10.2 Å². The molecule has 9 heteroatoms. The number of hydrogen-bond donors (Lipinski definition) is 2. The number of nitrogens with zero attached hydrogens (tertiary/aromatic N) is 2. The minimum absolute atomic E-state index is 0.0898. The van der Waals surface area contributed by atoms with Crippen LogP contribution in [0, 0.1) is 0 Å². The van der Waals surface area contributed by atoms with Gasteiger partial charge in [0.25, 0.3) is 11.8 Å². The Morgan fingerprint density at radius 1 is 1.14 bits per heavy atom. The highest BCUT2D eigenvalue weighted by atomic mass is 16.5. The van der Waals surface area contributed by atoms with Crippen LogP contribution in [0.1, 0.15) is 40.0 Å². The fourth-order valence-electron chi connectivity index (χ4n) is 3.93. The van der Waals surface area contributed by atoms with Gasteiger partial charge in [0, 0.05) is 38.3 Å². The monoisotopic (exact) mass is 386 g/mol. The van der Waals surface area contributed by atoms with Crippen molar-refractivity contribution in [3.05, 3.63) is 29.3 Å². The Hall–Kier alpha value is -2.78. The predicted octanol–water partition coefficient (Wildman–Crippen LogP) is -0.358. The largest absolute Gasteiger partial charge is 0.375 e. The summed E-state index contributed by atoms with van der Waals surface area (Å²) in [6.07, 6.45) is 0.990. The van der Waals surface area contributed by atoms with Crippen LogP contribution < -0.4 is 16.0 Å². The zero-order chi connectivity index (χ0) is 19.8. The van der Waals surface area contributed by atoms with Gasteiger partial charge in [-0.2, -0.15) is 0 Å². The molecular weight excluding hydrogens is 364 g/mol. The van der Waals surface area contributed by atoms with Crippen molar-refractivity contribution in [3.8, 4) is 0 Å². The van der Waals surface area contributed by atoms with Gasteiger partial charge in [0.2, 0.25) is 11.8 Å². The molecule has 2 unspecified atom stereocenters. The van der Waals surface area contributed by atoms with E-state index in [0.717, 1.165) is 23.6 Å². The van der Waals surface area contributed by atoms with Gasteiger partial charge in [-0.05, 0) is 31.0 Å². The fraction of sp³-hybridized carbons (Fsp3) is 0.474. The van der Waals surface area contributed by atoms with Gasteiger partial charge >= 0.3 is 0 Å². The maximum absolute atomic E-state index is 12.9. The van der Waals surface area contributed by atoms with Gasteiger partial charge in [0.1, 0.15) is 6.04 Å². The summed E-state index contributed by atoms with van der Waals surface area (Å²) >= 11 is 0. The third-order valence-corrected chi connectivity index (χ3v) is 5.40. The first-order valence-corrected chi connectivity index (χ1v) is 9.42. The highest BCUT2D eigenvalue weighted by molar-refractivity contribution is 6.23. The van der Waals surface area contributed by atoms with Gasteiger partial charge in [-0.3, -0.25) is 29.4 Å². The Labute approximate surface area is 161 Å². The second kappa shape index (κ2) is 7.33. The summed E-state index contributed by atoms with van der Waals surface area (Å²) in [5.74, 6) is -2.00. The van der Waals surface area contributed by atoms with Crippen LogP contribution in [0.4, 0.5) is 5.69 Å². The van der Waals surface area contributed by atoms with E-state index < -0.39 is 29.7 Å². The molecule has 0 bridgehead atoms. The smallest absolute Gasteiger partial charge is 0.262 e. The second-order valence-electron chi connectivity index (χ2n) is 7.21. The van der Waals surface area contributed by atoms with E-state index in [1.807, 2.05) is 0 Å². The molecule has 2 fully saturated rings. The van der Waals surface area contributed by atoms with Crippen LogP contribution in [-0.2, 0) is 14.3 Å². The zero-order valence-electron chi connectivity index (χ0n) is 15.3. The summed E-state index contributed by atoms with van der Waals surface area (Å²) in [4.78, 5) is 52.3. The Kier molecular flexibility index (Phi) is 4.86. The summed E-state index contributed by atoms with van der Waals surface area (Å²) in [5, 5.41) is 2.20. The van der Waals surface area contributed by atoms with Gasteiger partial charge in [0.05, 0.1) is 17.2 Å². The first kappa shape index (κ1) is 18.6. The number of amides is 4. The van der Waals surface area contributed by atoms with Gasteiger partial charge in [-0.15, -0.1) is 0 Å². The average Bonchev–Trinajstić information content (AvgIpc) is 2.85. The Morgan fingerprint density at radius 2 is 1.93 bits per heavy atom. The van der Waals surface area contributed by atoms with Gasteiger partial charge in [-0.1, -0.05) is 0 Å². The third kappa shape index (κ3) is 3.16. The molecule has 3 aliphatic heterocycles. The zero-order valence-corrected chi connectivity index (χ0v) is 15.3. The van der Waals surface area contributed by atoms with Crippen molar-refractivity contribution in [2.45, 2.75) is 31.4 Å². The molecular formula is C19H22N4O5. The lowest BCUT2D eigenvalue weighted by Gasteiger charge is -2.27. The number of carbonyl (C=O) groups is 4. The van der Waals surface area contributed by atoms with Crippen molar-refractivity contribution >= 4 is 29.3 Å². The molecule has 2 atom stereocenters. The quantitative estimate of drug-likeness (QED) is 0.681. The summed E-state index contributed by atoms with van der Waals surface area (Å²) in [7, 11) is 0. The molecule has 9 nitrogen and oxygen atoms in total. The van der Waals surface area contributed by atoms with Crippen LogP contribution in [-0.4, -0.2) is 66.9 Å². The number of piperidine rings is 1. The number of nitrogens with one attached hydrogen (secondary N) is 1. The molecule has 3 heterocycles. The molecule has 148 valence electrons. The van der Waals surface area contributed by atoms with E-state index in [1.165, 1.54) is 0 Å². The molecule has 1 aromatic carbocycles. The number of benzene rings is 1. The molecule has 1 aromatic rings. The molecule has 0 radical (unpaired) electrons. The number of nitrogens with two attached hydrogens (primary N) is 1. The first-order valence-electron chi connectivity index (χ1n) is 9.42. The Balaban J connectivity index is 1.60. The molecule has 28 heavy (non-hydrogen) atoms. The number of carbonyl (C=O) groups excluding carboxylic acids is 4. The van der Waals surface area contributed by atoms with Gasteiger partial charge < -0.3 is 15.4 Å². The van der Waals surface area contributed by atoms with Crippen molar-refractivity contribution in [3.63, 3.8) is 0 Å². The molecule has 4 rings (SSSR count). The number of hydrogen-bond acceptors (Lipinski definition) is 7. The summed E-state index contributed by atoms with van der Waals surface area (Å²) in [6, 6.07) is 4.17. The van der Waals surface area contributed by atoms with Gasteiger partial charge in [-0.25, -0.2) is 0 Å². The van der Waals surface area contributed by atoms with E-state index in [-0.39, 0.29) is 30.1 Å². The lowest BCUT2D eigenvalue weighted by molar-refractivity contribution is -0.136. The SMILES string of the molecule is NCC1CN(c2ccc3c(c2)C(=O)N(C2CCC(=O)NC2=O)C3=O)CCCO1. The van der Waals surface area contributed by atoms with E-state index in [1.54, 1.807) is 18.2 Å². The number of fused-ring (bicyclic) bond motifs is 1. The summed E-state index contributed by atoms with van der Waals surface area (Å²) in [5.41, 5.74) is 7.12. The van der Waals surface area contributed by atoms with E-state index >= 15 is 0 Å². The number of anilines is 1. The first-order chi connectivity index (χ1) is 13.5. The highest BCUT2D eigenvalue weighted by Gasteiger charge is 2.44. The Bertz CT molecular complexity index is 855. The summed E-state index contributed by atoms with van der Waals surface area (Å²) in [6.45, 7) is 2.40. The number of rotatable bonds is 3. The van der Waals surface area contributed by atoms with Crippen LogP contribution in [0.3, 0.4) is 0 Å². The molecule has 4 amide bonds. The van der Waals surface area contributed by atoms with E-state index in [9.17, 15) is 19.2 Å². The Morgan fingerprint density at radius 3 is 2.68 bits per heavy atom. The van der Waals surface area contributed by atoms with Crippen molar-refractivity contribution in [2.75, 3.05) is 31.1 Å². The van der Waals surface area contributed by atoms with Crippen LogP contribution in [0.2, 0.25) is 0 Å². The molecule has 2 saturated heterocycles. The lowest BCUT2D eigenvalue weighted by Crippen LogP contribution is -2.54. The van der Waals surface area contributed by atoms with Gasteiger partial charge in [0.15, 0.2) is 0 Å². The number of ether oxygens (including phenoxy) is 1. The molecule has 0 aliphatic carbocycles. The fourth-order valence-corrected chi connectivity index (χ4v) is 3.93. The molecule has 3 N–H and O–H groups in total. The average molecular weight is 386 g/mol. The number of imide groups is 2. The molecule has 0 saturated carbocycles. The maximum Gasteiger partial charge on any atom is 0.262 e. The lowest BCUT2D eigenvalue weighted by atomic mass is 10.0. The molecule has 3 aliphatic rings. The topological polar surface area (TPSA) is 122 Å². The van der Waals surface area contributed by atoms with Crippen molar-refractivity contribution in [1.82, 2.24) is 10.2 Å². The molecule has 0 aromatic heterocycles. The van der Waals surface area contributed by atoms with Crippen LogP contribution in [0.5, 0.6) is 0 Å². The van der Waals surface area contributed by atoms with Crippen LogP contribution >= 0.6 is 0 Å². The van der Waals surface area contributed by atoms with E-state index in [0.29, 0.717) is 19.7 Å². The minimum atomic E-state index is -0.957. The van der Waals surface area contributed by atoms with Crippen molar-refractivity contribution < 1.29 is 23.9 Å². The minimum Gasteiger partial charge on any atom is -0.375 e. The van der Waals surface area contributed by atoms with Crippen LogP contribution in [0.25, 0.3) is 0 Å². The normalized spacial score (nSPS) is 25.6. The van der Waals surface area contributed by atoms with Crippen molar-refractivity contribution in [1.29, 1.82) is 0 Å². The van der Waals surface area contributed by atoms with E-state index in [4.69, 9.17) is 10.5 Å². The predicted molar refractivity (Wildman–Crippen MR) is 98.7 cm³/mol. The second-order valence-corrected chi connectivity index (χ2v) is 7.21. The third-order valence-electron chi connectivity index (χ3n) is 5.40. The summed E-state index contributed by atoms with van der Waals surface area (Å²) < 4.78 is 5.68. The standard InChI is InChI=1S/C19H22N4O5/c20-9-12-10-22(6-1-7-28-12)11-2-3-13-14(8-11)19(27)23(18(13)26)15-4-5-16(24)21-17(15)25/h2-3,8,12,15H,1,4-7,9-10,20H2,(H,21,24,25). The maximum atomic E-state index is 12.9. The van der Waals surface area contributed by atoms with Crippen LogP contribution in [0.15, 0.2) is 18.2 Å². The molecule has 0 spiro atoms.